The first-order chi connectivity index (χ1) is 7.95. The molecular formula is C12H18ClN3O. The second kappa shape index (κ2) is 5.89. The Kier molecular flexibility index (Phi) is 4.78. The highest BCUT2D eigenvalue weighted by atomic mass is 35.5. The number of benzene rings is 1. The van der Waals surface area contributed by atoms with Crippen LogP contribution in [0.25, 0.3) is 0 Å². The molecule has 1 amide bonds. The molecule has 0 bridgehead atoms. The van der Waals surface area contributed by atoms with Crippen molar-refractivity contribution < 1.29 is 4.79 Å². The van der Waals surface area contributed by atoms with E-state index in [1.54, 1.807) is 6.07 Å². The summed E-state index contributed by atoms with van der Waals surface area (Å²) in [4.78, 5) is 13.5. The molecule has 0 aliphatic heterocycles. The van der Waals surface area contributed by atoms with Gasteiger partial charge in [-0.25, -0.2) is 0 Å². The smallest absolute Gasteiger partial charge is 0.241 e. The van der Waals surface area contributed by atoms with E-state index in [0.29, 0.717) is 17.1 Å². The number of anilines is 2. The van der Waals surface area contributed by atoms with Crippen molar-refractivity contribution in [1.82, 2.24) is 0 Å². The van der Waals surface area contributed by atoms with Gasteiger partial charge in [0, 0.05) is 19.8 Å². The van der Waals surface area contributed by atoms with Gasteiger partial charge in [-0.1, -0.05) is 18.5 Å². The molecular weight excluding hydrogens is 238 g/mol. The predicted molar refractivity (Wildman–Crippen MR) is 72.7 cm³/mol. The second-order valence-corrected chi connectivity index (χ2v) is 4.47. The van der Waals surface area contributed by atoms with E-state index in [2.05, 4.69) is 5.32 Å². The number of hydrogen-bond acceptors (Lipinski definition) is 3. The SMILES string of the molecule is CCC(N)C(=O)Nc1ccc(N(C)C)c(Cl)c1. The molecule has 0 radical (unpaired) electrons. The van der Waals surface area contributed by atoms with Gasteiger partial charge in [0.15, 0.2) is 0 Å². The van der Waals surface area contributed by atoms with E-state index >= 15 is 0 Å². The van der Waals surface area contributed by atoms with Gasteiger partial charge in [-0.3, -0.25) is 4.79 Å². The molecule has 0 saturated carbocycles. The van der Waals surface area contributed by atoms with Gasteiger partial charge in [-0.05, 0) is 24.6 Å². The predicted octanol–water partition coefficient (Wildman–Crippen LogP) is 2.08. The summed E-state index contributed by atoms with van der Waals surface area (Å²) in [6, 6.07) is 4.90. The number of halogens is 1. The first-order valence-corrected chi connectivity index (χ1v) is 5.86. The Morgan fingerprint density at radius 1 is 1.53 bits per heavy atom. The van der Waals surface area contributed by atoms with E-state index in [4.69, 9.17) is 17.3 Å². The molecule has 0 saturated heterocycles. The van der Waals surface area contributed by atoms with Gasteiger partial charge in [0.25, 0.3) is 0 Å². The lowest BCUT2D eigenvalue weighted by molar-refractivity contribution is -0.117. The molecule has 1 atom stereocenters. The van der Waals surface area contributed by atoms with Crippen LogP contribution in [0.15, 0.2) is 18.2 Å². The number of nitrogens with zero attached hydrogens (tertiary/aromatic N) is 1. The molecule has 0 aliphatic carbocycles. The lowest BCUT2D eigenvalue weighted by Gasteiger charge is -2.16. The van der Waals surface area contributed by atoms with E-state index in [1.807, 2.05) is 38.1 Å². The van der Waals surface area contributed by atoms with Crippen LogP contribution in [0.3, 0.4) is 0 Å². The Bertz CT molecular complexity index is 407. The van der Waals surface area contributed by atoms with Crippen LogP contribution in [-0.4, -0.2) is 26.0 Å². The van der Waals surface area contributed by atoms with Crippen LogP contribution in [0.5, 0.6) is 0 Å². The lowest BCUT2D eigenvalue weighted by atomic mass is 10.2. The Hall–Kier alpha value is -1.26. The van der Waals surface area contributed by atoms with E-state index in [9.17, 15) is 4.79 Å². The molecule has 0 aliphatic rings. The van der Waals surface area contributed by atoms with Crippen molar-refractivity contribution in [2.24, 2.45) is 5.73 Å². The fourth-order valence-electron chi connectivity index (χ4n) is 1.37. The molecule has 4 nitrogen and oxygen atoms in total. The van der Waals surface area contributed by atoms with Crippen LogP contribution in [0, 0.1) is 0 Å². The fraction of sp³-hybridized carbons (Fsp3) is 0.417. The largest absolute Gasteiger partial charge is 0.376 e. The number of nitrogens with two attached hydrogens (primary N) is 1. The minimum absolute atomic E-state index is 0.193. The third-order valence-electron chi connectivity index (χ3n) is 2.47. The van der Waals surface area contributed by atoms with Crippen molar-refractivity contribution in [1.29, 1.82) is 0 Å². The van der Waals surface area contributed by atoms with E-state index in [-0.39, 0.29) is 5.91 Å². The Morgan fingerprint density at radius 3 is 2.65 bits per heavy atom. The summed E-state index contributed by atoms with van der Waals surface area (Å²) in [5.74, 6) is -0.193. The van der Waals surface area contributed by atoms with Gasteiger partial charge in [0.05, 0.1) is 16.8 Å². The van der Waals surface area contributed by atoms with Crippen molar-refractivity contribution in [2.45, 2.75) is 19.4 Å². The molecule has 0 aromatic heterocycles. The molecule has 1 unspecified atom stereocenters. The average molecular weight is 256 g/mol. The third-order valence-corrected chi connectivity index (χ3v) is 2.78. The molecule has 94 valence electrons. The van der Waals surface area contributed by atoms with Gasteiger partial charge in [0.1, 0.15) is 0 Å². The van der Waals surface area contributed by atoms with Crippen molar-refractivity contribution >= 4 is 28.9 Å². The normalized spacial score (nSPS) is 12.1. The number of rotatable bonds is 4. The van der Waals surface area contributed by atoms with Crippen molar-refractivity contribution in [3.05, 3.63) is 23.2 Å². The zero-order valence-electron chi connectivity index (χ0n) is 10.3. The van der Waals surface area contributed by atoms with Gasteiger partial charge >= 0.3 is 0 Å². The quantitative estimate of drug-likeness (QED) is 0.866. The summed E-state index contributed by atoms with van der Waals surface area (Å²) in [5.41, 5.74) is 7.20. The molecule has 0 fully saturated rings. The van der Waals surface area contributed by atoms with Crippen LogP contribution in [0.4, 0.5) is 11.4 Å². The van der Waals surface area contributed by atoms with E-state index in [0.717, 1.165) is 5.69 Å². The van der Waals surface area contributed by atoms with Gasteiger partial charge < -0.3 is 16.0 Å². The van der Waals surface area contributed by atoms with Crippen molar-refractivity contribution in [2.75, 3.05) is 24.3 Å². The van der Waals surface area contributed by atoms with Gasteiger partial charge in [0.2, 0.25) is 5.91 Å². The molecule has 1 rings (SSSR count). The van der Waals surface area contributed by atoms with Crippen LogP contribution in [-0.2, 0) is 4.79 Å². The topological polar surface area (TPSA) is 58.4 Å². The minimum atomic E-state index is -0.484. The van der Waals surface area contributed by atoms with Gasteiger partial charge in [-0.15, -0.1) is 0 Å². The number of nitrogens with one attached hydrogen (secondary N) is 1. The fourth-order valence-corrected chi connectivity index (χ4v) is 1.72. The minimum Gasteiger partial charge on any atom is -0.376 e. The number of carbonyl (C=O) groups excluding carboxylic acids is 1. The highest BCUT2D eigenvalue weighted by Gasteiger charge is 2.11. The van der Waals surface area contributed by atoms with Crippen LogP contribution >= 0.6 is 11.6 Å². The Balaban J connectivity index is 2.81. The maximum absolute atomic E-state index is 11.6. The summed E-state index contributed by atoms with van der Waals surface area (Å²) in [6.07, 6.45) is 0.606. The first kappa shape index (κ1) is 13.8. The van der Waals surface area contributed by atoms with Gasteiger partial charge in [-0.2, -0.15) is 0 Å². The molecule has 3 N–H and O–H groups in total. The monoisotopic (exact) mass is 255 g/mol. The van der Waals surface area contributed by atoms with Crippen molar-refractivity contribution in [3.8, 4) is 0 Å². The standard InChI is InChI=1S/C12H18ClN3O/c1-4-10(14)12(17)15-8-5-6-11(16(2)3)9(13)7-8/h5-7,10H,4,14H2,1-3H3,(H,15,17). The number of hydrogen-bond donors (Lipinski definition) is 2. The molecule has 1 aromatic carbocycles. The summed E-state index contributed by atoms with van der Waals surface area (Å²) < 4.78 is 0. The van der Waals surface area contributed by atoms with Crippen molar-refractivity contribution in [3.63, 3.8) is 0 Å². The van der Waals surface area contributed by atoms with E-state index in [1.165, 1.54) is 0 Å². The summed E-state index contributed by atoms with van der Waals surface area (Å²) >= 11 is 6.10. The third kappa shape index (κ3) is 3.61. The summed E-state index contributed by atoms with van der Waals surface area (Å²) in [7, 11) is 3.82. The number of amides is 1. The zero-order valence-corrected chi connectivity index (χ0v) is 11.1. The molecule has 5 heteroatoms. The molecule has 0 heterocycles. The van der Waals surface area contributed by atoms with Crippen LogP contribution < -0.4 is 16.0 Å². The maximum atomic E-state index is 11.6. The lowest BCUT2D eigenvalue weighted by Crippen LogP contribution is -2.34. The first-order valence-electron chi connectivity index (χ1n) is 5.49. The Labute approximate surface area is 107 Å². The maximum Gasteiger partial charge on any atom is 0.241 e. The molecule has 1 aromatic rings. The summed E-state index contributed by atoms with van der Waals surface area (Å²) in [6.45, 7) is 1.87. The highest BCUT2D eigenvalue weighted by molar-refractivity contribution is 6.33. The molecule has 0 spiro atoms. The van der Waals surface area contributed by atoms with Crippen LogP contribution in [0.2, 0.25) is 5.02 Å². The number of carbonyl (C=O) groups is 1. The highest BCUT2D eigenvalue weighted by Crippen LogP contribution is 2.27. The second-order valence-electron chi connectivity index (χ2n) is 4.06. The van der Waals surface area contributed by atoms with Crippen LogP contribution in [0.1, 0.15) is 13.3 Å². The Morgan fingerprint density at radius 2 is 2.18 bits per heavy atom. The molecule has 17 heavy (non-hydrogen) atoms. The van der Waals surface area contributed by atoms with E-state index < -0.39 is 6.04 Å². The average Bonchev–Trinajstić information content (AvgIpc) is 2.27. The summed E-state index contributed by atoms with van der Waals surface area (Å²) in [5, 5.41) is 3.33. The zero-order chi connectivity index (χ0) is 13.0.